The number of fused-ring (bicyclic) bond motifs is 5. The van der Waals surface area contributed by atoms with E-state index in [4.69, 9.17) is 21.4 Å². The van der Waals surface area contributed by atoms with Gasteiger partial charge in [0.15, 0.2) is 0 Å². The predicted octanol–water partition coefficient (Wildman–Crippen LogP) is 6.87. The highest BCUT2D eigenvalue weighted by Crippen LogP contribution is 2.67. The molecule has 40 heavy (non-hydrogen) atoms. The Kier molecular flexibility index (Phi) is 15.4. The summed E-state index contributed by atoms with van der Waals surface area (Å²) in [6.45, 7) is 17.6. The third-order valence-corrected chi connectivity index (χ3v) is 11.7. The number of carbonyl (C=O) groups is 1. The Hall–Kier alpha value is -0.750. The first kappa shape index (κ1) is 35.4. The molecular weight excluding hydrogens is 494 g/mol. The lowest BCUT2D eigenvalue weighted by Crippen LogP contribution is -2.51. The molecule has 0 heterocycles. The number of hydrogen-bond acceptors (Lipinski definition) is 5. The van der Waals surface area contributed by atoms with Gasteiger partial charge in [-0.1, -0.05) is 65.5 Å². The zero-order valence-electron chi connectivity index (χ0n) is 27.1. The second-order valence-electron chi connectivity index (χ2n) is 14.5. The highest BCUT2D eigenvalue weighted by atomic mass is 16.3. The molecule has 0 aromatic heterocycles. The van der Waals surface area contributed by atoms with Gasteiger partial charge in [-0.15, -0.1) is 0 Å². The lowest BCUT2D eigenvalue weighted by atomic mass is 9.47. The number of aliphatic hydroxyl groups is 1. The van der Waals surface area contributed by atoms with Crippen LogP contribution in [0.2, 0.25) is 0 Å². The molecule has 0 amide bonds. The Bertz CT molecular complexity index is 740. The highest BCUT2D eigenvalue weighted by Gasteiger charge is 2.59. The third-order valence-electron chi connectivity index (χ3n) is 11.7. The van der Waals surface area contributed by atoms with E-state index in [0.29, 0.717) is 23.4 Å². The molecule has 234 valence electrons. The number of aliphatic hydroxyl groups excluding tert-OH is 1. The van der Waals surface area contributed by atoms with Gasteiger partial charge in [-0.25, -0.2) is 0 Å². The van der Waals surface area contributed by atoms with Crippen LogP contribution in [0.25, 0.3) is 0 Å². The minimum atomic E-state index is 0.219. The zero-order valence-corrected chi connectivity index (χ0v) is 27.1. The van der Waals surface area contributed by atoms with Crippen LogP contribution in [0.4, 0.5) is 0 Å². The van der Waals surface area contributed by atoms with Gasteiger partial charge in [0, 0.05) is 12.6 Å². The molecule has 0 saturated heterocycles. The van der Waals surface area contributed by atoms with E-state index in [1.54, 1.807) is 0 Å². The van der Waals surface area contributed by atoms with Crippen LogP contribution in [0.15, 0.2) is 11.6 Å². The molecule has 0 spiro atoms. The Morgan fingerprint density at radius 3 is 2.30 bits per heavy atom. The van der Waals surface area contributed by atoms with Crippen LogP contribution < -0.4 is 16.8 Å². The van der Waals surface area contributed by atoms with Crippen LogP contribution in [0, 0.1) is 46.3 Å². The van der Waals surface area contributed by atoms with E-state index in [1.807, 2.05) is 12.4 Å². The molecule has 5 nitrogen and oxygen atoms in total. The molecule has 0 radical (unpaired) electrons. The molecule has 0 aromatic carbocycles. The molecule has 0 bridgehead atoms. The summed E-state index contributed by atoms with van der Waals surface area (Å²) in [4.78, 5) is 8.00. The number of nitrogens with one attached hydrogen (secondary N) is 1. The predicted molar refractivity (Wildman–Crippen MR) is 171 cm³/mol. The summed E-state index contributed by atoms with van der Waals surface area (Å²) in [5.74, 6) is 5.64. The fourth-order valence-electron chi connectivity index (χ4n) is 9.53. The summed E-state index contributed by atoms with van der Waals surface area (Å²) in [5.41, 5.74) is 13.6. The second-order valence-corrected chi connectivity index (χ2v) is 14.5. The van der Waals surface area contributed by atoms with E-state index in [9.17, 15) is 0 Å². The summed E-state index contributed by atoms with van der Waals surface area (Å²) < 4.78 is 0. The molecule has 6 N–H and O–H groups in total. The number of carbonyl (C=O) groups excluding carboxylic acids is 1. The van der Waals surface area contributed by atoms with Crippen molar-refractivity contribution in [1.82, 2.24) is 5.32 Å². The van der Waals surface area contributed by atoms with Gasteiger partial charge in [-0.3, -0.25) is 0 Å². The molecule has 0 aromatic rings. The van der Waals surface area contributed by atoms with Crippen molar-refractivity contribution in [2.45, 2.75) is 131 Å². The van der Waals surface area contributed by atoms with E-state index >= 15 is 0 Å². The summed E-state index contributed by atoms with van der Waals surface area (Å²) in [7, 11) is 0. The van der Waals surface area contributed by atoms with Gasteiger partial charge in [0.1, 0.15) is 6.79 Å². The fraction of sp³-hybridized carbons (Fsp3) is 0.914. The highest BCUT2D eigenvalue weighted by molar-refractivity contribution is 5.26. The van der Waals surface area contributed by atoms with Crippen molar-refractivity contribution >= 4 is 6.79 Å². The zero-order chi connectivity index (χ0) is 29.8. The maximum Gasteiger partial charge on any atom is 0.106 e. The molecule has 3 saturated carbocycles. The van der Waals surface area contributed by atoms with Crippen LogP contribution in [-0.4, -0.2) is 44.2 Å². The van der Waals surface area contributed by atoms with Crippen molar-refractivity contribution < 1.29 is 9.90 Å². The van der Waals surface area contributed by atoms with E-state index in [1.165, 1.54) is 77.0 Å². The maximum absolute atomic E-state index is 8.00. The smallest absolute Gasteiger partial charge is 0.106 e. The maximum atomic E-state index is 8.00. The lowest BCUT2D eigenvalue weighted by Gasteiger charge is -2.58. The summed E-state index contributed by atoms with van der Waals surface area (Å²) in [6.07, 6.45) is 21.7. The van der Waals surface area contributed by atoms with E-state index in [-0.39, 0.29) is 6.61 Å². The first-order valence-corrected chi connectivity index (χ1v) is 16.9. The first-order chi connectivity index (χ1) is 19.2. The van der Waals surface area contributed by atoms with Gasteiger partial charge in [0.25, 0.3) is 0 Å². The normalized spacial score (nSPS) is 35.2. The lowest BCUT2D eigenvalue weighted by molar-refractivity contribution is -0.0980. The topological polar surface area (TPSA) is 101 Å². The van der Waals surface area contributed by atoms with Gasteiger partial charge in [0.05, 0.1) is 0 Å². The van der Waals surface area contributed by atoms with E-state index in [2.05, 4.69) is 46.0 Å². The minimum Gasteiger partial charge on any atom is -0.396 e. The monoisotopic (exact) mass is 562 g/mol. The quantitative estimate of drug-likeness (QED) is 0.154. The SMILES string of the molecule is C=O.CC(C)CCC[C@@H](C)C1CCC2C3CC=C4CC(NCCCCN)CCC4(C)C3CCC21C.NCCCO. The van der Waals surface area contributed by atoms with Crippen LogP contribution in [0.1, 0.15) is 125 Å². The van der Waals surface area contributed by atoms with Crippen molar-refractivity contribution in [3.63, 3.8) is 0 Å². The molecule has 5 heteroatoms. The molecular formula is C35H67N3O2. The van der Waals surface area contributed by atoms with Crippen LogP contribution in [0.3, 0.4) is 0 Å². The Morgan fingerprint density at radius 1 is 0.950 bits per heavy atom. The number of nitrogens with two attached hydrogens (primary N) is 2. The first-order valence-electron chi connectivity index (χ1n) is 16.9. The Labute approximate surface area is 248 Å². The molecule has 3 fully saturated rings. The van der Waals surface area contributed by atoms with Crippen molar-refractivity contribution in [2.75, 3.05) is 26.2 Å². The number of unbranched alkanes of at least 4 members (excludes halogenated alkanes) is 1. The van der Waals surface area contributed by atoms with Crippen LogP contribution >= 0.6 is 0 Å². The Balaban J connectivity index is 0.000000722. The molecule has 8 atom stereocenters. The Morgan fingerprint density at radius 2 is 1.68 bits per heavy atom. The molecule has 4 rings (SSSR count). The average molecular weight is 562 g/mol. The second kappa shape index (κ2) is 17.4. The van der Waals surface area contributed by atoms with Gasteiger partial charge in [-0.2, -0.15) is 0 Å². The van der Waals surface area contributed by atoms with Crippen LogP contribution in [-0.2, 0) is 4.79 Å². The van der Waals surface area contributed by atoms with Crippen molar-refractivity contribution in [3.05, 3.63) is 11.6 Å². The molecule has 4 aliphatic carbocycles. The summed E-state index contributed by atoms with van der Waals surface area (Å²) in [6, 6.07) is 0.704. The molecule has 4 aliphatic rings. The van der Waals surface area contributed by atoms with Gasteiger partial charge >= 0.3 is 0 Å². The minimum absolute atomic E-state index is 0.219. The molecule has 7 unspecified atom stereocenters. The van der Waals surface area contributed by atoms with Gasteiger partial charge < -0.3 is 26.7 Å². The number of allylic oxidation sites excluding steroid dienone is 1. The van der Waals surface area contributed by atoms with E-state index < -0.39 is 0 Å². The van der Waals surface area contributed by atoms with Crippen molar-refractivity contribution in [2.24, 2.45) is 57.8 Å². The largest absolute Gasteiger partial charge is 0.396 e. The van der Waals surface area contributed by atoms with Gasteiger partial charge in [0.2, 0.25) is 0 Å². The van der Waals surface area contributed by atoms with Crippen molar-refractivity contribution in [3.8, 4) is 0 Å². The fourth-order valence-corrected chi connectivity index (χ4v) is 9.53. The summed E-state index contributed by atoms with van der Waals surface area (Å²) in [5, 5.41) is 11.9. The van der Waals surface area contributed by atoms with Gasteiger partial charge in [-0.05, 0) is 137 Å². The number of rotatable bonds is 12. The third kappa shape index (κ3) is 8.64. The standard InChI is InChI=1S/C31H56N2.C3H9NO.CH2O/c1-22(2)9-8-10-23(3)27-13-14-28-26-12-11-24-21-25(33-20-7-6-19-32)15-17-30(24,4)29(26)16-18-31(27,28)5;4-2-1-3-5;1-2/h11,22-23,25-29,33H,6-10,12-21,32H2,1-5H3;5H,1-4H2;1H2/t23-,25?,26?,27?,28?,29?,30?,31?;;/m1../s1. The average Bonchev–Trinajstić information content (AvgIpc) is 3.30. The van der Waals surface area contributed by atoms with E-state index in [0.717, 1.165) is 61.4 Å². The molecule has 0 aliphatic heterocycles. The summed E-state index contributed by atoms with van der Waals surface area (Å²) >= 11 is 0. The number of hydrogen-bond donors (Lipinski definition) is 4. The van der Waals surface area contributed by atoms with Crippen molar-refractivity contribution in [1.29, 1.82) is 0 Å². The van der Waals surface area contributed by atoms with Crippen LogP contribution in [0.5, 0.6) is 0 Å².